The quantitative estimate of drug-likeness (QED) is 0.794. The highest BCUT2D eigenvalue weighted by molar-refractivity contribution is 5.50. The topological polar surface area (TPSA) is 12.0 Å². The van der Waals surface area contributed by atoms with Gasteiger partial charge in [0.15, 0.2) is 0 Å². The number of hydrogen-bond donors (Lipinski definition) is 1. The van der Waals surface area contributed by atoms with E-state index in [1.54, 1.807) is 12.1 Å². The van der Waals surface area contributed by atoms with Crippen LogP contribution in [0.4, 0.5) is 18.9 Å². The van der Waals surface area contributed by atoms with E-state index < -0.39 is 12.6 Å². The Morgan fingerprint density at radius 2 is 1.86 bits per heavy atom. The second-order valence-corrected chi connectivity index (χ2v) is 3.11. The fourth-order valence-electron chi connectivity index (χ4n) is 1.11. The van der Waals surface area contributed by atoms with E-state index in [2.05, 4.69) is 5.32 Å². The summed E-state index contributed by atoms with van der Waals surface area (Å²) in [4.78, 5) is 0. The molecule has 1 N–H and O–H groups in total. The maximum Gasteiger partial charge on any atom is 0.390 e. The summed E-state index contributed by atoms with van der Waals surface area (Å²) in [6, 6.07) is 7.27. The molecule has 0 spiro atoms. The standard InChI is InChI=1S/C10H12F3N/c1-8-4-2-3-5-9(8)14-7-6-10(11,12)13/h2-5,14H,6-7H2,1H3. The molecule has 14 heavy (non-hydrogen) atoms. The van der Waals surface area contributed by atoms with Crippen molar-refractivity contribution in [2.45, 2.75) is 19.5 Å². The molecule has 0 amide bonds. The highest BCUT2D eigenvalue weighted by atomic mass is 19.4. The van der Waals surface area contributed by atoms with Crippen LogP contribution in [0.25, 0.3) is 0 Å². The Morgan fingerprint density at radius 3 is 2.43 bits per heavy atom. The summed E-state index contributed by atoms with van der Waals surface area (Å²) in [6.45, 7) is 1.78. The Morgan fingerprint density at radius 1 is 1.21 bits per heavy atom. The number of halogens is 3. The zero-order valence-corrected chi connectivity index (χ0v) is 7.86. The van der Waals surface area contributed by atoms with E-state index in [1.807, 2.05) is 19.1 Å². The van der Waals surface area contributed by atoms with Gasteiger partial charge in [0.1, 0.15) is 0 Å². The molecule has 1 aromatic rings. The molecule has 0 saturated heterocycles. The third-order valence-electron chi connectivity index (χ3n) is 1.87. The first-order valence-corrected chi connectivity index (χ1v) is 4.35. The van der Waals surface area contributed by atoms with Crippen LogP contribution < -0.4 is 5.32 Å². The number of nitrogens with one attached hydrogen (secondary N) is 1. The van der Waals surface area contributed by atoms with Crippen LogP contribution in [0.1, 0.15) is 12.0 Å². The van der Waals surface area contributed by atoms with Gasteiger partial charge in [0.2, 0.25) is 0 Å². The Balaban J connectivity index is 2.43. The Labute approximate surface area is 80.9 Å². The summed E-state index contributed by atoms with van der Waals surface area (Å²) < 4.78 is 35.5. The van der Waals surface area contributed by atoms with E-state index in [4.69, 9.17) is 0 Å². The molecule has 0 heterocycles. The molecular formula is C10H12F3N. The van der Waals surface area contributed by atoms with Crippen LogP contribution in [0.3, 0.4) is 0 Å². The van der Waals surface area contributed by atoms with Gasteiger partial charge in [0, 0.05) is 12.2 Å². The largest absolute Gasteiger partial charge is 0.390 e. The van der Waals surface area contributed by atoms with Crippen molar-refractivity contribution in [3.05, 3.63) is 29.8 Å². The zero-order valence-electron chi connectivity index (χ0n) is 7.86. The summed E-state index contributed by atoms with van der Waals surface area (Å²) in [5.41, 5.74) is 1.71. The Bertz CT molecular complexity index is 294. The second kappa shape index (κ2) is 4.35. The van der Waals surface area contributed by atoms with E-state index in [0.717, 1.165) is 11.3 Å². The van der Waals surface area contributed by atoms with Crippen molar-refractivity contribution in [1.29, 1.82) is 0 Å². The van der Waals surface area contributed by atoms with Crippen LogP contribution >= 0.6 is 0 Å². The van der Waals surface area contributed by atoms with Gasteiger partial charge in [-0.15, -0.1) is 0 Å². The zero-order chi connectivity index (χ0) is 10.6. The molecule has 78 valence electrons. The number of rotatable bonds is 3. The van der Waals surface area contributed by atoms with Gasteiger partial charge in [-0.1, -0.05) is 18.2 Å². The molecule has 0 radical (unpaired) electrons. The summed E-state index contributed by atoms with van der Waals surface area (Å²) >= 11 is 0. The molecule has 0 unspecified atom stereocenters. The van der Waals surface area contributed by atoms with Crippen molar-refractivity contribution in [2.24, 2.45) is 0 Å². The van der Waals surface area contributed by atoms with E-state index in [0.29, 0.717) is 0 Å². The van der Waals surface area contributed by atoms with Crippen molar-refractivity contribution in [3.8, 4) is 0 Å². The van der Waals surface area contributed by atoms with Crippen molar-refractivity contribution in [3.63, 3.8) is 0 Å². The average Bonchev–Trinajstić information content (AvgIpc) is 2.06. The van der Waals surface area contributed by atoms with Gasteiger partial charge >= 0.3 is 6.18 Å². The van der Waals surface area contributed by atoms with Crippen molar-refractivity contribution in [1.82, 2.24) is 0 Å². The molecule has 0 aliphatic rings. The molecule has 1 nitrogen and oxygen atoms in total. The van der Waals surface area contributed by atoms with Crippen LogP contribution in [-0.4, -0.2) is 12.7 Å². The lowest BCUT2D eigenvalue weighted by molar-refractivity contribution is -0.131. The van der Waals surface area contributed by atoms with E-state index in [9.17, 15) is 13.2 Å². The molecule has 0 aliphatic heterocycles. The molecule has 0 saturated carbocycles. The van der Waals surface area contributed by atoms with Crippen LogP contribution in [0.2, 0.25) is 0 Å². The lowest BCUT2D eigenvalue weighted by Crippen LogP contribution is -2.14. The maximum atomic E-state index is 11.8. The second-order valence-electron chi connectivity index (χ2n) is 3.11. The van der Waals surface area contributed by atoms with Crippen molar-refractivity contribution in [2.75, 3.05) is 11.9 Å². The Kier molecular flexibility index (Phi) is 3.38. The SMILES string of the molecule is Cc1ccccc1NCCC(F)(F)F. The molecule has 4 heteroatoms. The first-order chi connectivity index (χ1) is 6.49. The third-order valence-corrected chi connectivity index (χ3v) is 1.87. The Hall–Kier alpha value is -1.19. The number of anilines is 1. The summed E-state index contributed by atoms with van der Waals surface area (Å²) in [5, 5.41) is 2.75. The molecule has 0 atom stereocenters. The van der Waals surface area contributed by atoms with Gasteiger partial charge < -0.3 is 5.32 Å². The molecular weight excluding hydrogens is 191 g/mol. The number of para-hydroxylation sites is 1. The van der Waals surface area contributed by atoms with Gasteiger partial charge in [-0.2, -0.15) is 13.2 Å². The van der Waals surface area contributed by atoms with E-state index in [-0.39, 0.29) is 6.54 Å². The fraction of sp³-hybridized carbons (Fsp3) is 0.400. The monoisotopic (exact) mass is 203 g/mol. The molecule has 1 rings (SSSR count). The fourth-order valence-corrected chi connectivity index (χ4v) is 1.11. The molecule has 0 fully saturated rings. The maximum absolute atomic E-state index is 11.8. The van der Waals surface area contributed by atoms with Gasteiger partial charge in [-0.3, -0.25) is 0 Å². The number of hydrogen-bond acceptors (Lipinski definition) is 1. The van der Waals surface area contributed by atoms with Gasteiger partial charge in [0.05, 0.1) is 6.42 Å². The number of aryl methyl sites for hydroxylation is 1. The van der Waals surface area contributed by atoms with Crippen molar-refractivity contribution >= 4 is 5.69 Å². The first kappa shape index (κ1) is 10.9. The highest BCUT2D eigenvalue weighted by Crippen LogP contribution is 2.20. The van der Waals surface area contributed by atoms with Crippen LogP contribution in [0, 0.1) is 6.92 Å². The van der Waals surface area contributed by atoms with Gasteiger partial charge in [-0.25, -0.2) is 0 Å². The predicted octanol–water partition coefficient (Wildman–Crippen LogP) is 3.36. The third kappa shape index (κ3) is 3.68. The normalized spacial score (nSPS) is 11.4. The van der Waals surface area contributed by atoms with Crippen LogP contribution in [0.5, 0.6) is 0 Å². The number of alkyl halides is 3. The van der Waals surface area contributed by atoms with Gasteiger partial charge in [0.25, 0.3) is 0 Å². The molecule has 1 aromatic carbocycles. The molecule has 0 aromatic heterocycles. The predicted molar refractivity (Wildman–Crippen MR) is 50.3 cm³/mol. The van der Waals surface area contributed by atoms with Gasteiger partial charge in [-0.05, 0) is 18.6 Å². The number of benzene rings is 1. The van der Waals surface area contributed by atoms with Crippen LogP contribution in [0.15, 0.2) is 24.3 Å². The van der Waals surface area contributed by atoms with E-state index >= 15 is 0 Å². The minimum Gasteiger partial charge on any atom is -0.384 e. The molecule has 0 bridgehead atoms. The highest BCUT2D eigenvalue weighted by Gasteiger charge is 2.26. The lowest BCUT2D eigenvalue weighted by Gasteiger charge is -2.10. The first-order valence-electron chi connectivity index (χ1n) is 4.35. The van der Waals surface area contributed by atoms with Crippen molar-refractivity contribution < 1.29 is 13.2 Å². The van der Waals surface area contributed by atoms with E-state index in [1.165, 1.54) is 0 Å². The summed E-state index contributed by atoms with van der Waals surface area (Å²) in [5.74, 6) is 0. The molecule has 0 aliphatic carbocycles. The summed E-state index contributed by atoms with van der Waals surface area (Å²) in [7, 11) is 0. The average molecular weight is 203 g/mol. The summed E-state index contributed by atoms with van der Waals surface area (Å²) in [6.07, 6.45) is -4.89. The smallest absolute Gasteiger partial charge is 0.384 e. The lowest BCUT2D eigenvalue weighted by atomic mass is 10.2. The minimum absolute atomic E-state index is 0.0750. The minimum atomic E-state index is -4.09. The van der Waals surface area contributed by atoms with Crippen LogP contribution in [-0.2, 0) is 0 Å².